The van der Waals surface area contributed by atoms with Gasteiger partial charge < -0.3 is 0 Å². The highest BCUT2D eigenvalue weighted by molar-refractivity contribution is 5.87. The van der Waals surface area contributed by atoms with Crippen LogP contribution in [0, 0.1) is 17.3 Å². The van der Waals surface area contributed by atoms with E-state index in [2.05, 4.69) is 26.0 Å². The van der Waals surface area contributed by atoms with E-state index >= 15 is 0 Å². The van der Waals surface area contributed by atoms with Crippen molar-refractivity contribution in [2.24, 2.45) is 17.3 Å². The van der Waals surface area contributed by atoms with E-state index in [1.54, 1.807) is 0 Å². The van der Waals surface area contributed by atoms with Crippen LogP contribution in [0.15, 0.2) is 23.3 Å². The van der Waals surface area contributed by atoms with E-state index in [0.29, 0.717) is 11.7 Å². The van der Waals surface area contributed by atoms with E-state index in [4.69, 9.17) is 0 Å². The normalized spacial score (nSPS) is 44.9. The predicted molar refractivity (Wildman–Crippen MR) is 55.8 cm³/mol. The summed E-state index contributed by atoms with van der Waals surface area (Å²) >= 11 is 0. The smallest absolute Gasteiger partial charge is 0.140 e. The average molecular weight is 188 g/mol. The molecule has 0 radical (unpaired) electrons. The van der Waals surface area contributed by atoms with Gasteiger partial charge >= 0.3 is 0 Å². The number of allylic oxidation sites excluding steroid dienone is 4. The molecule has 0 saturated heterocycles. The minimum absolute atomic E-state index is 0.227. The maximum atomic E-state index is 11.8. The first-order valence-electron chi connectivity index (χ1n) is 5.53. The van der Waals surface area contributed by atoms with Gasteiger partial charge in [-0.05, 0) is 32.6 Å². The maximum absolute atomic E-state index is 11.8. The molecule has 3 aliphatic rings. The van der Waals surface area contributed by atoms with Crippen molar-refractivity contribution < 1.29 is 4.79 Å². The largest absolute Gasteiger partial charge is 0.299 e. The number of carbonyl (C=O) groups is 1. The van der Waals surface area contributed by atoms with Gasteiger partial charge in [-0.1, -0.05) is 23.3 Å². The van der Waals surface area contributed by atoms with Crippen LogP contribution in [-0.4, -0.2) is 5.78 Å². The second-order valence-corrected chi connectivity index (χ2v) is 5.21. The van der Waals surface area contributed by atoms with Crippen molar-refractivity contribution in [1.29, 1.82) is 0 Å². The van der Waals surface area contributed by atoms with Crippen LogP contribution < -0.4 is 0 Å². The Morgan fingerprint density at radius 2 is 2.21 bits per heavy atom. The topological polar surface area (TPSA) is 17.1 Å². The standard InChI is InChI=1S/C13H16O/c1-8-5-10-9(2)7-13(10)4-3-12(14)11(13)6-8/h6-7,10-11H,3-5H2,1-2H3/t10-,11+,13?/m0/s1. The number of Topliss-reactive ketones (excluding diaryl/α,β-unsaturated/α-hetero) is 1. The Hall–Kier alpha value is -0.850. The van der Waals surface area contributed by atoms with Gasteiger partial charge in [-0.15, -0.1) is 0 Å². The van der Waals surface area contributed by atoms with Crippen molar-refractivity contribution in [3.8, 4) is 0 Å². The monoisotopic (exact) mass is 188 g/mol. The van der Waals surface area contributed by atoms with E-state index in [9.17, 15) is 4.79 Å². The third-order valence-corrected chi connectivity index (χ3v) is 4.40. The Bertz CT molecular complexity index is 375. The zero-order valence-corrected chi connectivity index (χ0v) is 8.84. The molecule has 1 fully saturated rings. The van der Waals surface area contributed by atoms with Crippen molar-refractivity contribution in [1.82, 2.24) is 0 Å². The minimum atomic E-state index is 0.227. The zero-order valence-electron chi connectivity index (χ0n) is 8.84. The Kier molecular flexibility index (Phi) is 1.44. The zero-order chi connectivity index (χ0) is 9.92. The number of hydrogen-bond acceptors (Lipinski definition) is 1. The lowest BCUT2D eigenvalue weighted by atomic mass is 9.53. The lowest BCUT2D eigenvalue weighted by Crippen LogP contribution is -2.44. The summed E-state index contributed by atoms with van der Waals surface area (Å²) in [5.41, 5.74) is 3.19. The summed E-state index contributed by atoms with van der Waals surface area (Å²) in [5, 5.41) is 0. The molecule has 74 valence electrons. The fourth-order valence-electron chi connectivity index (χ4n) is 3.73. The van der Waals surface area contributed by atoms with Crippen molar-refractivity contribution in [3.63, 3.8) is 0 Å². The van der Waals surface area contributed by atoms with Crippen molar-refractivity contribution in [3.05, 3.63) is 23.3 Å². The molecular weight excluding hydrogens is 172 g/mol. The molecule has 0 heterocycles. The van der Waals surface area contributed by atoms with E-state index in [1.807, 2.05) is 0 Å². The first-order chi connectivity index (χ1) is 6.63. The van der Waals surface area contributed by atoms with Gasteiger partial charge in [0.05, 0.1) is 0 Å². The number of carbonyl (C=O) groups excluding carboxylic acids is 1. The second kappa shape index (κ2) is 2.39. The molecule has 14 heavy (non-hydrogen) atoms. The van der Waals surface area contributed by atoms with Crippen molar-refractivity contribution in [2.45, 2.75) is 33.1 Å². The summed E-state index contributed by atoms with van der Waals surface area (Å²) < 4.78 is 0. The van der Waals surface area contributed by atoms with Gasteiger partial charge in [0.1, 0.15) is 5.78 Å². The molecule has 1 unspecified atom stereocenters. The molecule has 1 nitrogen and oxygen atoms in total. The molecule has 3 rings (SSSR count). The molecule has 0 amide bonds. The van der Waals surface area contributed by atoms with Gasteiger partial charge in [-0.2, -0.15) is 0 Å². The van der Waals surface area contributed by atoms with Gasteiger partial charge in [0.15, 0.2) is 0 Å². The van der Waals surface area contributed by atoms with Crippen LogP contribution in [0.1, 0.15) is 33.1 Å². The van der Waals surface area contributed by atoms with Crippen LogP contribution in [0.5, 0.6) is 0 Å². The van der Waals surface area contributed by atoms with Crippen LogP contribution in [0.25, 0.3) is 0 Å². The SMILES string of the molecule is CC1=C[C@@H]2C(=O)CCC23C=C(C)[C@@H]3C1. The highest BCUT2D eigenvalue weighted by Crippen LogP contribution is 2.61. The molecule has 0 aromatic rings. The Morgan fingerprint density at radius 3 is 2.93 bits per heavy atom. The fraction of sp³-hybridized carbons (Fsp3) is 0.615. The lowest BCUT2D eigenvalue weighted by Gasteiger charge is -2.50. The van der Waals surface area contributed by atoms with Crippen LogP contribution in [-0.2, 0) is 4.79 Å². The Balaban J connectivity index is 2.10. The van der Waals surface area contributed by atoms with Crippen molar-refractivity contribution >= 4 is 5.78 Å². The van der Waals surface area contributed by atoms with Gasteiger partial charge in [0.2, 0.25) is 0 Å². The molecule has 3 atom stereocenters. The van der Waals surface area contributed by atoms with E-state index < -0.39 is 0 Å². The molecule has 0 bridgehead atoms. The average Bonchev–Trinajstić information content (AvgIpc) is 2.45. The lowest BCUT2D eigenvalue weighted by molar-refractivity contribution is -0.121. The third kappa shape index (κ3) is 0.789. The van der Waals surface area contributed by atoms with E-state index in [0.717, 1.165) is 12.8 Å². The predicted octanol–water partition coefficient (Wildman–Crippen LogP) is 2.88. The summed E-state index contributed by atoms with van der Waals surface area (Å²) in [6.07, 6.45) is 7.69. The first-order valence-corrected chi connectivity index (χ1v) is 5.53. The quantitative estimate of drug-likeness (QED) is 0.534. The number of ketones is 1. The third-order valence-electron chi connectivity index (χ3n) is 4.40. The van der Waals surface area contributed by atoms with Gasteiger partial charge in [0, 0.05) is 17.8 Å². The van der Waals surface area contributed by atoms with Gasteiger partial charge in [0.25, 0.3) is 0 Å². The molecule has 0 aromatic heterocycles. The van der Waals surface area contributed by atoms with E-state index in [1.165, 1.54) is 17.6 Å². The Morgan fingerprint density at radius 1 is 1.43 bits per heavy atom. The summed E-state index contributed by atoms with van der Waals surface area (Å²) in [6.45, 7) is 4.38. The Labute approximate surface area is 84.9 Å². The summed E-state index contributed by atoms with van der Waals surface area (Å²) in [6, 6.07) is 0. The van der Waals surface area contributed by atoms with Crippen LogP contribution in [0.3, 0.4) is 0 Å². The summed E-state index contributed by atoms with van der Waals surface area (Å²) in [7, 11) is 0. The van der Waals surface area contributed by atoms with Gasteiger partial charge in [-0.3, -0.25) is 4.79 Å². The highest BCUT2D eigenvalue weighted by atomic mass is 16.1. The molecule has 3 aliphatic carbocycles. The van der Waals surface area contributed by atoms with Crippen LogP contribution >= 0.6 is 0 Å². The van der Waals surface area contributed by atoms with Crippen molar-refractivity contribution in [2.75, 3.05) is 0 Å². The second-order valence-electron chi connectivity index (χ2n) is 5.21. The highest BCUT2D eigenvalue weighted by Gasteiger charge is 2.56. The minimum Gasteiger partial charge on any atom is -0.299 e. The maximum Gasteiger partial charge on any atom is 0.140 e. The van der Waals surface area contributed by atoms with E-state index in [-0.39, 0.29) is 11.3 Å². The number of rotatable bonds is 0. The molecule has 0 N–H and O–H groups in total. The molecule has 0 aromatic carbocycles. The van der Waals surface area contributed by atoms with Gasteiger partial charge in [-0.25, -0.2) is 0 Å². The molecular formula is C13H16O. The molecule has 1 spiro atoms. The number of hydrogen-bond donors (Lipinski definition) is 0. The summed E-state index contributed by atoms with van der Waals surface area (Å²) in [4.78, 5) is 11.8. The summed E-state index contributed by atoms with van der Waals surface area (Å²) in [5.74, 6) is 1.38. The van der Waals surface area contributed by atoms with Crippen LogP contribution in [0.4, 0.5) is 0 Å². The molecule has 1 saturated carbocycles. The molecule has 1 heteroatoms. The fourth-order valence-corrected chi connectivity index (χ4v) is 3.73. The first kappa shape index (κ1) is 8.46. The van der Waals surface area contributed by atoms with Crippen LogP contribution in [0.2, 0.25) is 0 Å². The molecule has 0 aliphatic heterocycles.